The van der Waals surface area contributed by atoms with Crippen LogP contribution in [0.5, 0.6) is 0 Å². The third kappa shape index (κ3) is 4.08. The minimum absolute atomic E-state index is 0.0108. The van der Waals surface area contributed by atoms with Crippen molar-refractivity contribution in [2.75, 3.05) is 23.3 Å². The predicted octanol–water partition coefficient (Wildman–Crippen LogP) is 4.37. The number of likely N-dealkylation sites (tertiary alicyclic amines) is 1. The molecule has 2 aromatic carbocycles. The number of anilines is 2. The smallest absolute Gasteiger partial charge is 0.283 e. The van der Waals surface area contributed by atoms with Crippen molar-refractivity contribution in [1.29, 1.82) is 0 Å². The highest BCUT2D eigenvalue weighted by molar-refractivity contribution is 6.53. The molecule has 1 saturated heterocycles. The lowest BCUT2D eigenvalue weighted by molar-refractivity contribution is -0.120. The molecule has 2 aliphatic heterocycles. The maximum absolute atomic E-state index is 13.0. The van der Waals surface area contributed by atoms with E-state index in [0.717, 1.165) is 48.4 Å². The normalized spacial score (nSPS) is 16.9. The number of piperidine rings is 1. The quantitative estimate of drug-likeness (QED) is 0.721. The van der Waals surface area contributed by atoms with Crippen LogP contribution in [0, 0.1) is 13.8 Å². The summed E-state index contributed by atoms with van der Waals surface area (Å²) in [5.74, 6) is -1.05. The van der Waals surface area contributed by atoms with Crippen LogP contribution in [0.25, 0.3) is 0 Å². The Morgan fingerprint density at radius 1 is 0.935 bits per heavy atom. The van der Waals surface area contributed by atoms with Gasteiger partial charge in [0.25, 0.3) is 17.7 Å². The van der Waals surface area contributed by atoms with Gasteiger partial charge in [0.1, 0.15) is 10.7 Å². The molecule has 6 nitrogen and oxygen atoms in total. The number of halogens is 1. The van der Waals surface area contributed by atoms with E-state index in [4.69, 9.17) is 11.6 Å². The van der Waals surface area contributed by atoms with Crippen molar-refractivity contribution in [2.24, 2.45) is 0 Å². The molecule has 1 fully saturated rings. The van der Waals surface area contributed by atoms with Gasteiger partial charge in [-0.25, -0.2) is 4.90 Å². The summed E-state index contributed by atoms with van der Waals surface area (Å²) in [6, 6.07) is 12.4. The van der Waals surface area contributed by atoms with E-state index in [1.807, 2.05) is 30.9 Å². The third-order valence-corrected chi connectivity index (χ3v) is 6.03. The zero-order valence-electron chi connectivity index (χ0n) is 17.6. The van der Waals surface area contributed by atoms with Gasteiger partial charge in [-0.1, -0.05) is 23.7 Å². The summed E-state index contributed by atoms with van der Waals surface area (Å²) in [5.41, 5.74) is 3.46. The number of carbonyl (C=O) groups is 3. The van der Waals surface area contributed by atoms with Crippen LogP contribution >= 0.6 is 11.6 Å². The molecule has 0 spiro atoms. The average molecular weight is 438 g/mol. The predicted molar refractivity (Wildman–Crippen MR) is 121 cm³/mol. The molecule has 1 N–H and O–H groups in total. The number of carbonyl (C=O) groups excluding carboxylic acids is 3. The topological polar surface area (TPSA) is 69.7 Å². The first kappa shape index (κ1) is 21.1. The minimum Gasteiger partial charge on any atom is -0.350 e. The van der Waals surface area contributed by atoms with Gasteiger partial charge >= 0.3 is 0 Å². The molecule has 2 heterocycles. The number of rotatable bonds is 4. The van der Waals surface area contributed by atoms with Crippen LogP contribution in [-0.2, 0) is 9.59 Å². The molecule has 2 aromatic rings. The van der Waals surface area contributed by atoms with Gasteiger partial charge in [0.15, 0.2) is 0 Å². The molecule has 0 aromatic heterocycles. The van der Waals surface area contributed by atoms with Crippen molar-refractivity contribution in [3.63, 3.8) is 0 Å². The van der Waals surface area contributed by atoms with E-state index in [1.165, 1.54) is 0 Å². The zero-order valence-corrected chi connectivity index (χ0v) is 18.3. The molecule has 0 atom stereocenters. The summed E-state index contributed by atoms with van der Waals surface area (Å²) in [6.45, 7) is 5.31. The van der Waals surface area contributed by atoms with E-state index >= 15 is 0 Å². The van der Waals surface area contributed by atoms with Crippen molar-refractivity contribution < 1.29 is 14.4 Å². The Morgan fingerprint density at radius 2 is 1.61 bits per heavy atom. The summed E-state index contributed by atoms with van der Waals surface area (Å²) in [6.07, 6.45) is 3.23. The van der Waals surface area contributed by atoms with E-state index in [0.29, 0.717) is 16.9 Å². The molecule has 31 heavy (non-hydrogen) atoms. The van der Waals surface area contributed by atoms with Crippen LogP contribution in [0.2, 0.25) is 0 Å². The van der Waals surface area contributed by atoms with Crippen LogP contribution in [-0.4, -0.2) is 35.7 Å². The van der Waals surface area contributed by atoms with Crippen LogP contribution in [0.15, 0.2) is 53.2 Å². The first-order valence-electron chi connectivity index (χ1n) is 10.4. The molecule has 0 radical (unpaired) electrons. The van der Waals surface area contributed by atoms with Crippen LogP contribution in [0.1, 0.15) is 40.7 Å². The van der Waals surface area contributed by atoms with E-state index < -0.39 is 11.8 Å². The number of benzene rings is 2. The second kappa shape index (κ2) is 8.55. The molecule has 0 bridgehead atoms. The Hall–Kier alpha value is -3.12. The molecule has 0 aliphatic carbocycles. The fraction of sp³-hybridized carbons (Fsp3) is 0.292. The lowest BCUT2D eigenvalue weighted by atomic mass is 10.1. The number of amides is 3. The van der Waals surface area contributed by atoms with E-state index in [1.54, 1.807) is 30.3 Å². The Morgan fingerprint density at radius 3 is 2.29 bits per heavy atom. The van der Waals surface area contributed by atoms with Crippen molar-refractivity contribution in [3.8, 4) is 0 Å². The molecular weight excluding hydrogens is 414 g/mol. The Balaban J connectivity index is 1.52. The molecule has 3 amide bonds. The van der Waals surface area contributed by atoms with Gasteiger partial charge in [-0.2, -0.15) is 0 Å². The summed E-state index contributed by atoms with van der Waals surface area (Å²) >= 11 is 6.24. The van der Waals surface area contributed by atoms with Gasteiger partial charge in [0, 0.05) is 24.3 Å². The number of hydrogen-bond acceptors (Lipinski definition) is 4. The van der Waals surface area contributed by atoms with E-state index in [-0.39, 0.29) is 16.6 Å². The maximum atomic E-state index is 13.0. The molecule has 160 valence electrons. The van der Waals surface area contributed by atoms with Gasteiger partial charge in [0.2, 0.25) is 0 Å². The standard InChI is InChI=1S/C24H24ClN3O3/c1-15-6-7-16(2)19(14-15)28-23(30)20(25)21(24(28)31)26-18-10-8-17(9-11-18)22(29)27-12-4-3-5-13-27/h6-11,14,26H,3-5,12-13H2,1-2H3. The number of hydrogen-bond donors (Lipinski definition) is 1. The van der Waals surface area contributed by atoms with Crippen molar-refractivity contribution in [3.05, 3.63) is 69.9 Å². The number of imide groups is 1. The van der Waals surface area contributed by atoms with Crippen molar-refractivity contribution >= 4 is 40.7 Å². The van der Waals surface area contributed by atoms with Gasteiger partial charge in [0.05, 0.1) is 5.69 Å². The highest BCUT2D eigenvalue weighted by atomic mass is 35.5. The van der Waals surface area contributed by atoms with Gasteiger partial charge in [-0.15, -0.1) is 0 Å². The fourth-order valence-corrected chi connectivity index (χ4v) is 4.12. The molecule has 4 rings (SSSR count). The SMILES string of the molecule is Cc1ccc(C)c(N2C(=O)C(Cl)=C(Nc3ccc(C(=O)N4CCCCC4)cc3)C2=O)c1. The summed E-state index contributed by atoms with van der Waals surface area (Å²) < 4.78 is 0. The highest BCUT2D eigenvalue weighted by Gasteiger charge is 2.39. The fourth-order valence-electron chi connectivity index (χ4n) is 3.91. The molecular formula is C24H24ClN3O3. The molecule has 7 heteroatoms. The monoisotopic (exact) mass is 437 g/mol. The lowest BCUT2D eigenvalue weighted by Gasteiger charge is -2.26. The lowest BCUT2D eigenvalue weighted by Crippen LogP contribution is -2.35. The molecule has 0 unspecified atom stereocenters. The van der Waals surface area contributed by atoms with Crippen LogP contribution in [0.3, 0.4) is 0 Å². The van der Waals surface area contributed by atoms with Crippen molar-refractivity contribution in [1.82, 2.24) is 4.90 Å². The number of aryl methyl sites for hydroxylation is 2. The highest BCUT2D eigenvalue weighted by Crippen LogP contribution is 2.32. The first-order valence-corrected chi connectivity index (χ1v) is 10.8. The number of nitrogens with one attached hydrogen (secondary N) is 1. The summed E-state index contributed by atoms with van der Waals surface area (Å²) in [5, 5.41) is 2.81. The number of nitrogens with zero attached hydrogens (tertiary/aromatic N) is 2. The maximum Gasteiger partial charge on any atom is 0.283 e. The van der Waals surface area contributed by atoms with Crippen LogP contribution < -0.4 is 10.2 Å². The van der Waals surface area contributed by atoms with Gasteiger partial charge in [-0.3, -0.25) is 14.4 Å². The molecule has 2 aliphatic rings. The van der Waals surface area contributed by atoms with Crippen LogP contribution in [0.4, 0.5) is 11.4 Å². The minimum atomic E-state index is -0.556. The van der Waals surface area contributed by atoms with Gasteiger partial charge < -0.3 is 10.2 Å². The molecule has 0 saturated carbocycles. The Labute approximate surface area is 186 Å². The van der Waals surface area contributed by atoms with Crippen molar-refractivity contribution in [2.45, 2.75) is 33.1 Å². The van der Waals surface area contributed by atoms with E-state index in [9.17, 15) is 14.4 Å². The summed E-state index contributed by atoms with van der Waals surface area (Å²) in [7, 11) is 0. The Kier molecular flexibility index (Phi) is 5.83. The van der Waals surface area contributed by atoms with E-state index in [2.05, 4.69) is 5.32 Å². The second-order valence-corrected chi connectivity index (χ2v) is 8.36. The summed E-state index contributed by atoms with van der Waals surface area (Å²) in [4.78, 5) is 41.3. The first-order chi connectivity index (χ1) is 14.9. The van der Waals surface area contributed by atoms with Gasteiger partial charge in [-0.05, 0) is 74.6 Å². The largest absolute Gasteiger partial charge is 0.350 e. The second-order valence-electron chi connectivity index (χ2n) is 7.98. The zero-order chi connectivity index (χ0) is 22.1. The Bertz CT molecular complexity index is 1090. The average Bonchev–Trinajstić information content (AvgIpc) is 2.99. The third-order valence-electron chi connectivity index (χ3n) is 5.68.